The monoisotopic (exact) mass is 1860 g/mol. The molecule has 0 fully saturated rings. The number of hydrogen-bond acceptors (Lipinski definition) is 35. The van der Waals surface area contributed by atoms with Crippen LogP contribution in [-0.2, 0) is 50.5 Å². The molecular formula is C90H151F3N26O11S. The minimum Gasteiger partial charge on any atom is -0.479 e. The maximum Gasteiger partial charge on any atom is 0.470 e. The fraction of sp³-hybridized carbons (Fsp3) is 0.667. The molecule has 0 unspecified atom stereocenters. The van der Waals surface area contributed by atoms with Gasteiger partial charge in [0.05, 0.1) is 37.5 Å². The van der Waals surface area contributed by atoms with E-state index in [1.54, 1.807) is 85.6 Å². The van der Waals surface area contributed by atoms with Crippen molar-refractivity contribution in [3.63, 3.8) is 0 Å². The van der Waals surface area contributed by atoms with Crippen molar-refractivity contribution < 1.29 is 62.9 Å². The lowest BCUT2D eigenvalue weighted by molar-refractivity contribution is -0.157. The van der Waals surface area contributed by atoms with E-state index < -0.39 is 17.5 Å². The molecule has 0 bridgehead atoms. The van der Waals surface area contributed by atoms with Gasteiger partial charge < -0.3 is 55.1 Å². The smallest absolute Gasteiger partial charge is 0.470 e. The van der Waals surface area contributed by atoms with Gasteiger partial charge in [-0.2, -0.15) is 33.3 Å². The Labute approximate surface area is 775 Å². The number of nitrogens with zero attached hydrogens (tertiary/aromatic N) is 23. The van der Waals surface area contributed by atoms with Crippen LogP contribution in [0.1, 0.15) is 397 Å². The van der Waals surface area contributed by atoms with E-state index in [0.717, 1.165) is 85.8 Å². The summed E-state index contributed by atoms with van der Waals surface area (Å²) in [5.74, 6) is 13.6. The van der Waals surface area contributed by atoms with Crippen LogP contribution in [0, 0.1) is 55.4 Å². The minimum absolute atomic E-state index is 0.00375. The van der Waals surface area contributed by atoms with E-state index in [2.05, 4.69) is 291 Å². The van der Waals surface area contributed by atoms with Gasteiger partial charge in [-0.25, -0.2) is 19.6 Å². The molecule has 0 atom stereocenters. The van der Waals surface area contributed by atoms with E-state index in [0.29, 0.717) is 88.8 Å². The summed E-state index contributed by atoms with van der Waals surface area (Å²) >= 11 is 1.67. The van der Waals surface area contributed by atoms with Crippen LogP contribution in [0.15, 0.2) is 70.9 Å². The van der Waals surface area contributed by atoms with Crippen molar-refractivity contribution in [3.8, 4) is 11.8 Å². The number of anilines is 1. The van der Waals surface area contributed by atoms with Gasteiger partial charge in [0.15, 0.2) is 23.3 Å². The number of oxazole rings is 1. The summed E-state index contributed by atoms with van der Waals surface area (Å²) in [4.78, 5) is 20.5. The van der Waals surface area contributed by atoms with Crippen LogP contribution in [0.3, 0.4) is 0 Å². The maximum atomic E-state index is 12.0. The molecule has 0 saturated carbocycles. The number of halogens is 3. The van der Waals surface area contributed by atoms with Gasteiger partial charge in [0.1, 0.15) is 38.9 Å². The lowest BCUT2D eigenvalue weighted by Crippen LogP contribution is -2.13. The van der Waals surface area contributed by atoms with E-state index in [-0.39, 0.29) is 38.4 Å². The van der Waals surface area contributed by atoms with Gasteiger partial charge in [-0.1, -0.05) is 247 Å². The minimum atomic E-state index is -4.56. The molecule has 0 amide bonds. The molecule has 13 rings (SSSR count). The fourth-order valence-corrected chi connectivity index (χ4v) is 9.00. The quantitative estimate of drug-likeness (QED) is 0.114. The summed E-state index contributed by atoms with van der Waals surface area (Å²) < 4.78 is 92.5. The molecule has 37 nitrogen and oxygen atoms in total. The molecule has 0 saturated heterocycles. The van der Waals surface area contributed by atoms with Gasteiger partial charge in [0, 0.05) is 125 Å². The zero-order chi connectivity index (χ0) is 101. The Balaban J connectivity index is 0.000000710. The summed E-state index contributed by atoms with van der Waals surface area (Å²) in [5.41, 5.74) is 2.40. The fourth-order valence-electron chi connectivity index (χ4n) is 8.30. The van der Waals surface area contributed by atoms with E-state index in [1.165, 1.54) is 0 Å². The molecule has 3 N–H and O–H groups in total. The van der Waals surface area contributed by atoms with Crippen LogP contribution < -0.4 is 14.8 Å². The average Bonchev–Trinajstić information content (AvgIpc) is 1.67. The molecule has 13 heterocycles. The first-order chi connectivity index (χ1) is 60.0. The summed E-state index contributed by atoms with van der Waals surface area (Å²) in [6.07, 6.45) is -0.0687. The van der Waals surface area contributed by atoms with E-state index in [9.17, 15) is 13.2 Å². The Bertz CT molecular complexity index is 4670. The van der Waals surface area contributed by atoms with Crippen molar-refractivity contribution in [2.45, 2.75) is 377 Å². The van der Waals surface area contributed by atoms with E-state index >= 15 is 0 Å². The van der Waals surface area contributed by atoms with E-state index in [4.69, 9.17) is 45.3 Å². The SMILES string of the molecule is CC(C)(C)c1nnc(C(F)(F)F)o1.CCc1nnc(C(C)(C)C)o1.CNc1ncc(C(C)C)o1.COc1cc(C(C)(C)C)no1.COc1cc(C(C)(C)C)on1.Cc1cc(C(C)(C)C)on1.Cc1cn(C(C)C)nn1.Cc1nc(C(C)(C)C)n[nH]1.Cc1nc(C(C)C)n[nH]1.Cc1nc(C(C)C)no1.Cc1nnc(C(C)C)o1.Cc1nnc(C(C)C)s1.Cc1noc(C(C)(C)C)n1. The molecule has 734 valence electrons. The third-order valence-electron chi connectivity index (χ3n) is 16.1. The van der Waals surface area contributed by atoms with Gasteiger partial charge in [-0.05, 0) is 60.5 Å². The molecule has 0 aliphatic carbocycles. The number of ether oxygens (including phenoxy) is 2. The second-order valence-electron chi connectivity index (χ2n) is 39.0. The van der Waals surface area contributed by atoms with Crippen LogP contribution in [0.4, 0.5) is 19.2 Å². The third kappa shape index (κ3) is 46.9. The lowest BCUT2D eigenvalue weighted by atomic mass is 9.93. The van der Waals surface area contributed by atoms with Crippen LogP contribution in [0.25, 0.3) is 0 Å². The highest BCUT2D eigenvalue weighted by atomic mass is 32.1. The standard InChI is InChI=1S/C8H14N2O.2C8H13NO2.C8H13NO.C7H9F3N2O.C7H13N3.2C7H12N2O.2C6H11N3.2C6H10N2O.C6H10N2S/c1-5-6-9-10-7(11-6)8(2,3)4;1-8(2,3)6-5-7(10-4)9-11-6;1-8(2,3)6-5-7(10-4)11-9-6;1-6-5-7(10-9-6)8(2,3)4;1-6(2,3)4-11-12-5(13-4)7(8,9)10;2*1-5-8-6(10-9-5)7(2,3)4;1-5(2)6-4-9-7(8-3)10-6;1-5(2)9-4-6(3)7-8-9;1-4(2)6-7-5(3)8-9-6;1-4(2)6-8-7-5(3)9-6;1-4(2)6-7-5(3)9-8-6;1-4(2)6-8-7-5(3)9-6/h5H2,1-4H3;2*5H,1-4H3;5H,1-4H3;1-3H3;1-4H3,(H,8,9,10);1-4H3;4-5H,1-3H3,(H,8,9);4-5H,1-3H3;4H,1-3H3,(H,7,8,9);3*4H,1-3H3. The molecule has 0 aliphatic rings. The topological polar surface area (TPSA) is 469 Å². The Hall–Kier alpha value is -11.3. The summed E-state index contributed by atoms with van der Waals surface area (Å²) in [6.45, 7) is 84.2. The number of aryl methyl sites for hydroxylation is 9. The predicted molar refractivity (Wildman–Crippen MR) is 497 cm³/mol. The van der Waals surface area contributed by atoms with Crippen molar-refractivity contribution in [3.05, 3.63) is 157 Å². The summed E-state index contributed by atoms with van der Waals surface area (Å²) in [6, 6.07) is 6.59. The van der Waals surface area contributed by atoms with Gasteiger partial charge >= 0.3 is 18.0 Å². The number of hydrogen-bond donors (Lipinski definition) is 3. The van der Waals surface area contributed by atoms with Crippen molar-refractivity contribution in [1.29, 1.82) is 0 Å². The van der Waals surface area contributed by atoms with Crippen LogP contribution >= 0.6 is 11.3 Å². The second-order valence-corrected chi connectivity index (χ2v) is 40.2. The first-order valence-electron chi connectivity index (χ1n) is 43.3. The molecule has 41 heteroatoms. The van der Waals surface area contributed by atoms with Gasteiger partial charge in [0.25, 0.3) is 11.9 Å². The Kier molecular flexibility index (Phi) is 47.9. The molecular weight excluding hydrogens is 1710 g/mol. The van der Waals surface area contributed by atoms with E-state index in [1.807, 2.05) is 114 Å². The predicted octanol–water partition coefficient (Wildman–Crippen LogP) is 22.9. The molecule has 0 aliphatic heterocycles. The normalized spacial score (nSPS) is 11.5. The number of aromatic amines is 2. The number of nitrogens with one attached hydrogen (secondary N) is 3. The highest BCUT2D eigenvalue weighted by Gasteiger charge is 2.39. The highest BCUT2D eigenvalue weighted by molar-refractivity contribution is 7.11. The molecule has 13 aromatic rings. The van der Waals surface area contributed by atoms with Crippen LogP contribution in [-0.4, -0.2) is 148 Å². The average molecular weight is 1860 g/mol. The summed E-state index contributed by atoms with van der Waals surface area (Å²) in [5, 5.41) is 74.6. The largest absolute Gasteiger partial charge is 0.479 e. The second kappa shape index (κ2) is 53.3. The van der Waals surface area contributed by atoms with Gasteiger partial charge in [0.2, 0.25) is 41.2 Å². The van der Waals surface area contributed by atoms with Crippen LogP contribution in [0.2, 0.25) is 0 Å². The van der Waals surface area contributed by atoms with Gasteiger partial charge in [-0.15, -0.1) is 57.2 Å². The number of aromatic nitrogens is 25. The zero-order valence-electron chi connectivity index (χ0n) is 86.4. The van der Waals surface area contributed by atoms with Crippen molar-refractivity contribution >= 4 is 17.4 Å². The highest BCUT2D eigenvalue weighted by Crippen LogP contribution is 2.32. The Morgan fingerprint density at radius 1 is 0.450 bits per heavy atom. The molecule has 0 spiro atoms. The number of H-pyrrole nitrogens is 2. The number of methoxy groups -OCH3 is 2. The third-order valence-corrected chi connectivity index (χ3v) is 17.3. The summed E-state index contributed by atoms with van der Waals surface area (Å²) in [7, 11) is 4.92. The first kappa shape index (κ1) is 118. The Morgan fingerprint density at radius 3 is 1.24 bits per heavy atom. The number of alkyl halides is 3. The zero-order valence-corrected chi connectivity index (χ0v) is 87.2. The van der Waals surface area contributed by atoms with Crippen molar-refractivity contribution in [2.24, 2.45) is 0 Å². The van der Waals surface area contributed by atoms with Gasteiger partial charge in [-0.3, -0.25) is 10.2 Å². The lowest BCUT2D eigenvalue weighted by Gasteiger charge is -2.12. The van der Waals surface area contributed by atoms with Crippen molar-refractivity contribution in [1.82, 2.24) is 127 Å². The molecule has 13 aromatic heterocycles. The Morgan fingerprint density at radius 2 is 1.00 bits per heavy atom. The molecule has 0 aromatic carbocycles. The molecule has 131 heavy (non-hydrogen) atoms. The van der Waals surface area contributed by atoms with Crippen LogP contribution in [0.5, 0.6) is 11.8 Å². The maximum absolute atomic E-state index is 12.0. The first-order valence-corrected chi connectivity index (χ1v) is 44.1. The number of rotatable bonds is 10. The van der Waals surface area contributed by atoms with Crippen molar-refractivity contribution in [2.75, 3.05) is 26.6 Å². The molecule has 0 radical (unpaired) electrons.